The smallest absolute Gasteiger partial charge is 0.251 e. The van der Waals surface area contributed by atoms with E-state index in [1.165, 1.54) is 6.33 Å². The van der Waals surface area contributed by atoms with Gasteiger partial charge in [-0.3, -0.25) is 9.48 Å². The molecule has 0 fully saturated rings. The molecule has 1 N–H and O–H groups in total. The third-order valence-electron chi connectivity index (χ3n) is 3.45. The molecule has 5 nitrogen and oxygen atoms in total. The van der Waals surface area contributed by atoms with Gasteiger partial charge < -0.3 is 5.32 Å². The molecule has 0 radical (unpaired) electrons. The van der Waals surface area contributed by atoms with Crippen molar-refractivity contribution < 1.29 is 4.79 Å². The Morgan fingerprint density at radius 1 is 1.13 bits per heavy atom. The number of carbonyl (C=O) groups excluding carboxylic acids is 1. The highest BCUT2D eigenvalue weighted by molar-refractivity contribution is 9.10. The maximum atomic E-state index is 12.5. The molecule has 0 aliphatic carbocycles. The summed E-state index contributed by atoms with van der Waals surface area (Å²) in [5.74, 6) is -0.119. The van der Waals surface area contributed by atoms with Crippen molar-refractivity contribution in [3.63, 3.8) is 0 Å². The Kier molecular flexibility index (Phi) is 4.83. The second-order valence-corrected chi connectivity index (χ2v) is 5.98. The Labute approximate surface area is 142 Å². The van der Waals surface area contributed by atoms with Crippen LogP contribution in [0.2, 0.25) is 0 Å². The maximum absolute atomic E-state index is 12.5. The summed E-state index contributed by atoms with van der Waals surface area (Å²) in [5.41, 5.74) is 1.64. The molecule has 23 heavy (non-hydrogen) atoms. The van der Waals surface area contributed by atoms with Gasteiger partial charge in [-0.2, -0.15) is 5.10 Å². The van der Waals surface area contributed by atoms with Gasteiger partial charge in [-0.1, -0.05) is 46.3 Å². The summed E-state index contributed by atoms with van der Waals surface area (Å²) >= 11 is 3.37. The Morgan fingerprint density at radius 2 is 1.87 bits per heavy atom. The van der Waals surface area contributed by atoms with E-state index in [9.17, 15) is 4.79 Å². The highest BCUT2D eigenvalue weighted by Crippen LogP contribution is 2.16. The van der Waals surface area contributed by atoms with Crippen LogP contribution in [0, 0.1) is 0 Å². The normalized spacial score (nSPS) is 11.9. The number of nitrogens with zero attached hydrogens (tertiary/aromatic N) is 3. The van der Waals surface area contributed by atoms with Crippen molar-refractivity contribution in [3.8, 4) is 0 Å². The molecular weight excluding hydrogens is 356 g/mol. The standard InChI is InChI=1S/C17H15BrN4O/c18-15-8-6-14(7-9-15)17(23)21-16(10-22-12-19-11-20-22)13-4-2-1-3-5-13/h1-9,11-12,16H,10H2,(H,21,23). The molecule has 3 rings (SSSR count). The molecule has 1 unspecified atom stereocenters. The first kappa shape index (κ1) is 15.4. The number of hydrogen-bond acceptors (Lipinski definition) is 3. The van der Waals surface area contributed by atoms with E-state index in [0.29, 0.717) is 12.1 Å². The Bertz CT molecular complexity index is 757. The molecule has 0 spiro atoms. The van der Waals surface area contributed by atoms with Gasteiger partial charge >= 0.3 is 0 Å². The lowest BCUT2D eigenvalue weighted by atomic mass is 10.1. The number of carbonyl (C=O) groups is 1. The van der Waals surface area contributed by atoms with E-state index in [4.69, 9.17) is 0 Å². The van der Waals surface area contributed by atoms with Gasteiger partial charge in [-0.05, 0) is 29.8 Å². The zero-order valence-electron chi connectivity index (χ0n) is 12.3. The second-order valence-electron chi connectivity index (χ2n) is 5.06. The average molecular weight is 371 g/mol. The van der Waals surface area contributed by atoms with Crippen molar-refractivity contribution >= 4 is 21.8 Å². The lowest BCUT2D eigenvalue weighted by Crippen LogP contribution is -2.31. The van der Waals surface area contributed by atoms with E-state index in [1.54, 1.807) is 23.1 Å². The van der Waals surface area contributed by atoms with Crippen molar-refractivity contribution in [3.05, 3.63) is 82.9 Å². The number of halogens is 1. The fraction of sp³-hybridized carbons (Fsp3) is 0.118. The van der Waals surface area contributed by atoms with Gasteiger partial charge in [0.1, 0.15) is 12.7 Å². The minimum absolute atomic E-state index is 0.119. The lowest BCUT2D eigenvalue weighted by molar-refractivity contribution is 0.0932. The fourth-order valence-corrected chi connectivity index (χ4v) is 2.54. The molecule has 3 aromatic rings. The third kappa shape index (κ3) is 4.04. The van der Waals surface area contributed by atoms with Gasteiger partial charge in [0.05, 0.1) is 12.6 Å². The van der Waals surface area contributed by atoms with Crippen LogP contribution >= 0.6 is 15.9 Å². The first-order valence-corrected chi connectivity index (χ1v) is 7.95. The Hall–Kier alpha value is -2.47. The summed E-state index contributed by atoms with van der Waals surface area (Å²) in [7, 11) is 0. The fourth-order valence-electron chi connectivity index (χ4n) is 2.28. The van der Waals surface area contributed by atoms with Crippen molar-refractivity contribution in [2.75, 3.05) is 0 Å². The molecule has 0 saturated heterocycles. The maximum Gasteiger partial charge on any atom is 0.251 e. The van der Waals surface area contributed by atoms with E-state index in [0.717, 1.165) is 10.0 Å². The molecule has 2 aromatic carbocycles. The van der Waals surface area contributed by atoms with Crippen LogP contribution in [0.1, 0.15) is 22.0 Å². The molecule has 0 aliphatic rings. The summed E-state index contributed by atoms with van der Waals surface area (Å²) in [6.45, 7) is 0.520. The Morgan fingerprint density at radius 3 is 2.52 bits per heavy atom. The summed E-state index contributed by atoms with van der Waals surface area (Å²) < 4.78 is 2.65. The third-order valence-corrected chi connectivity index (χ3v) is 3.98. The predicted molar refractivity (Wildman–Crippen MR) is 90.8 cm³/mol. The van der Waals surface area contributed by atoms with E-state index in [1.807, 2.05) is 42.5 Å². The number of amides is 1. The van der Waals surface area contributed by atoms with Gasteiger partial charge in [-0.25, -0.2) is 4.98 Å². The average Bonchev–Trinajstić information content (AvgIpc) is 3.09. The van der Waals surface area contributed by atoms with Crippen LogP contribution < -0.4 is 5.32 Å². The summed E-state index contributed by atoms with van der Waals surface area (Å²) in [4.78, 5) is 16.4. The summed E-state index contributed by atoms with van der Waals surface area (Å²) in [5, 5.41) is 7.19. The summed E-state index contributed by atoms with van der Waals surface area (Å²) in [6.07, 6.45) is 3.13. The van der Waals surface area contributed by atoms with E-state index < -0.39 is 0 Å². The van der Waals surface area contributed by atoms with Crippen LogP contribution in [0.25, 0.3) is 0 Å². The minimum Gasteiger partial charge on any atom is -0.343 e. The van der Waals surface area contributed by atoms with Gasteiger partial charge in [-0.15, -0.1) is 0 Å². The van der Waals surface area contributed by atoms with Crippen molar-refractivity contribution in [2.45, 2.75) is 12.6 Å². The number of aromatic nitrogens is 3. The zero-order valence-corrected chi connectivity index (χ0v) is 13.8. The van der Waals surface area contributed by atoms with Gasteiger partial charge in [0, 0.05) is 10.0 Å². The highest BCUT2D eigenvalue weighted by atomic mass is 79.9. The predicted octanol–water partition coefficient (Wildman–Crippen LogP) is 3.21. The quantitative estimate of drug-likeness (QED) is 0.749. The molecule has 1 amide bonds. The SMILES string of the molecule is O=C(NC(Cn1cncn1)c1ccccc1)c1ccc(Br)cc1. The van der Waals surface area contributed by atoms with Crippen LogP contribution in [0.3, 0.4) is 0 Å². The van der Waals surface area contributed by atoms with Crippen LogP contribution in [-0.4, -0.2) is 20.7 Å². The van der Waals surface area contributed by atoms with E-state index >= 15 is 0 Å². The molecule has 0 bridgehead atoms. The molecule has 116 valence electrons. The van der Waals surface area contributed by atoms with E-state index in [2.05, 4.69) is 31.3 Å². The first-order chi connectivity index (χ1) is 11.2. The lowest BCUT2D eigenvalue weighted by Gasteiger charge is -2.19. The van der Waals surface area contributed by atoms with Crippen LogP contribution in [0.15, 0.2) is 71.7 Å². The highest BCUT2D eigenvalue weighted by Gasteiger charge is 2.16. The molecule has 1 aromatic heterocycles. The van der Waals surface area contributed by atoms with Gasteiger partial charge in [0.2, 0.25) is 0 Å². The van der Waals surface area contributed by atoms with Crippen LogP contribution in [-0.2, 0) is 6.54 Å². The molecule has 1 atom stereocenters. The molecular formula is C17H15BrN4O. The zero-order chi connectivity index (χ0) is 16.1. The minimum atomic E-state index is -0.186. The van der Waals surface area contributed by atoms with Crippen molar-refractivity contribution in [2.24, 2.45) is 0 Å². The van der Waals surface area contributed by atoms with Gasteiger partial charge in [0.25, 0.3) is 5.91 Å². The molecule has 1 heterocycles. The monoisotopic (exact) mass is 370 g/mol. The van der Waals surface area contributed by atoms with Crippen molar-refractivity contribution in [1.82, 2.24) is 20.1 Å². The van der Waals surface area contributed by atoms with Crippen molar-refractivity contribution in [1.29, 1.82) is 0 Å². The number of rotatable bonds is 5. The molecule has 6 heteroatoms. The second kappa shape index (κ2) is 7.19. The molecule has 0 aliphatic heterocycles. The topological polar surface area (TPSA) is 59.8 Å². The number of benzene rings is 2. The largest absolute Gasteiger partial charge is 0.343 e. The van der Waals surface area contributed by atoms with Crippen LogP contribution in [0.4, 0.5) is 0 Å². The van der Waals surface area contributed by atoms with Crippen LogP contribution in [0.5, 0.6) is 0 Å². The molecule has 0 saturated carbocycles. The number of nitrogens with one attached hydrogen (secondary N) is 1. The first-order valence-electron chi connectivity index (χ1n) is 7.16. The Balaban J connectivity index is 1.80. The summed E-state index contributed by atoms with van der Waals surface area (Å²) in [6, 6.07) is 16.9. The van der Waals surface area contributed by atoms with E-state index in [-0.39, 0.29) is 11.9 Å². The van der Waals surface area contributed by atoms with Gasteiger partial charge in [0.15, 0.2) is 0 Å². The number of hydrogen-bond donors (Lipinski definition) is 1.